The molecule has 20 heavy (non-hydrogen) atoms. The molecule has 9 heteroatoms. The third-order valence-corrected chi connectivity index (χ3v) is 6.32. The van der Waals surface area contributed by atoms with Gasteiger partial charge in [-0.3, -0.25) is 0 Å². The molecule has 110 valence electrons. The molecule has 0 aliphatic rings. The molecule has 1 unspecified atom stereocenters. The first-order chi connectivity index (χ1) is 9.33. The van der Waals surface area contributed by atoms with E-state index in [1.165, 1.54) is 44.7 Å². The number of esters is 1. The van der Waals surface area contributed by atoms with E-state index < -0.39 is 26.7 Å². The summed E-state index contributed by atoms with van der Waals surface area (Å²) in [6.07, 6.45) is 1.52. The van der Waals surface area contributed by atoms with Crippen molar-refractivity contribution in [2.24, 2.45) is 3.77 Å². The minimum atomic E-state index is -4.03. The fourth-order valence-corrected chi connectivity index (χ4v) is 4.25. The van der Waals surface area contributed by atoms with Gasteiger partial charge >= 0.3 is 5.97 Å². The van der Waals surface area contributed by atoms with Gasteiger partial charge in [-0.05, 0) is 35.0 Å². The van der Waals surface area contributed by atoms with Gasteiger partial charge in [0.1, 0.15) is 4.90 Å². The molecule has 0 fully saturated rings. The maximum absolute atomic E-state index is 12.2. The van der Waals surface area contributed by atoms with Crippen LogP contribution in [-0.2, 0) is 30.2 Å². The van der Waals surface area contributed by atoms with Gasteiger partial charge in [0, 0.05) is 6.26 Å². The molecule has 0 aliphatic carbocycles. The zero-order valence-corrected chi connectivity index (χ0v) is 13.5. The first-order valence-corrected chi connectivity index (χ1v) is 8.66. The predicted octanol–water partition coefficient (Wildman–Crippen LogP) is 1.52. The Balaban J connectivity index is 3.37. The van der Waals surface area contributed by atoms with Crippen molar-refractivity contribution in [1.82, 2.24) is 0 Å². The summed E-state index contributed by atoms with van der Waals surface area (Å²) in [4.78, 5) is 11.4. The molecule has 0 aromatic heterocycles. The molecule has 0 saturated heterocycles. The summed E-state index contributed by atoms with van der Waals surface area (Å²) in [6.45, 7) is 0. The van der Waals surface area contributed by atoms with Crippen molar-refractivity contribution in [2.75, 3.05) is 20.5 Å². The molecular formula is C11H13NO5S3. The highest BCUT2D eigenvalue weighted by molar-refractivity contribution is 8.16. The quantitative estimate of drug-likeness (QED) is 0.615. The van der Waals surface area contributed by atoms with E-state index in [0.717, 1.165) is 0 Å². The van der Waals surface area contributed by atoms with E-state index in [-0.39, 0.29) is 14.8 Å². The number of carbonyl (C=O) groups excluding carboxylic acids is 1. The number of carbonyl (C=O) groups is 1. The Hall–Kier alpha value is -1.32. The summed E-state index contributed by atoms with van der Waals surface area (Å²) < 4.78 is 37.5. The third kappa shape index (κ3) is 3.84. The highest BCUT2D eigenvalue weighted by Crippen LogP contribution is 2.19. The van der Waals surface area contributed by atoms with Crippen LogP contribution in [0.2, 0.25) is 0 Å². The van der Waals surface area contributed by atoms with Crippen molar-refractivity contribution in [1.29, 1.82) is 0 Å². The van der Waals surface area contributed by atoms with Gasteiger partial charge in [-0.25, -0.2) is 4.79 Å². The van der Waals surface area contributed by atoms with Crippen LogP contribution in [0.15, 0.2) is 32.9 Å². The first kappa shape index (κ1) is 16.7. The standard InChI is InChI=1S/C11H13NO5S3/c1-16-10(13)8-6-4-5-7-9(8)20(14,15)12-19(3)11(18)17-2/h4-7H,1-3H3. The van der Waals surface area contributed by atoms with Crippen LogP contribution in [0.1, 0.15) is 10.4 Å². The van der Waals surface area contributed by atoms with Crippen LogP contribution in [0.25, 0.3) is 0 Å². The SMILES string of the molecule is COC(=O)c1ccccc1S(=O)(=O)N=S(C)C(=S)OC. The molecular weight excluding hydrogens is 322 g/mol. The Bertz CT molecular complexity index is 666. The largest absolute Gasteiger partial charge is 0.481 e. The number of ether oxygens (including phenoxy) is 2. The van der Waals surface area contributed by atoms with Gasteiger partial charge < -0.3 is 9.47 Å². The molecule has 0 radical (unpaired) electrons. The minimum absolute atomic E-state index is 0.0703. The van der Waals surface area contributed by atoms with Crippen molar-refractivity contribution in [3.8, 4) is 0 Å². The fraction of sp³-hybridized carbons (Fsp3) is 0.273. The zero-order valence-electron chi connectivity index (χ0n) is 11.0. The fourth-order valence-electron chi connectivity index (χ4n) is 1.31. The van der Waals surface area contributed by atoms with Gasteiger partial charge in [-0.1, -0.05) is 12.1 Å². The number of hydrogen-bond donors (Lipinski definition) is 0. The van der Waals surface area contributed by atoms with E-state index in [1.54, 1.807) is 0 Å². The summed E-state index contributed by atoms with van der Waals surface area (Å²) in [6, 6.07) is 5.68. The number of benzene rings is 1. The molecule has 1 rings (SSSR count). The number of thiocarbonyl (C=S) groups is 1. The summed E-state index contributed by atoms with van der Waals surface area (Å²) in [5.74, 6) is -0.746. The molecule has 0 saturated carbocycles. The maximum atomic E-state index is 12.2. The highest BCUT2D eigenvalue weighted by Gasteiger charge is 2.22. The van der Waals surface area contributed by atoms with Crippen LogP contribution in [0.4, 0.5) is 0 Å². The van der Waals surface area contributed by atoms with Gasteiger partial charge in [0.15, 0.2) is 0 Å². The predicted molar refractivity (Wildman–Crippen MR) is 80.3 cm³/mol. The lowest BCUT2D eigenvalue weighted by atomic mass is 10.2. The van der Waals surface area contributed by atoms with Crippen LogP contribution < -0.4 is 0 Å². The normalized spacial score (nSPS) is 12.8. The van der Waals surface area contributed by atoms with Crippen LogP contribution in [0, 0.1) is 0 Å². The van der Waals surface area contributed by atoms with Crippen molar-refractivity contribution in [3.05, 3.63) is 29.8 Å². The van der Waals surface area contributed by atoms with E-state index in [2.05, 4.69) is 8.50 Å². The van der Waals surface area contributed by atoms with Gasteiger partial charge in [0.05, 0.1) is 19.8 Å². The van der Waals surface area contributed by atoms with Crippen LogP contribution in [0.3, 0.4) is 0 Å². The number of nitrogens with zero attached hydrogens (tertiary/aromatic N) is 1. The van der Waals surface area contributed by atoms with E-state index in [4.69, 9.17) is 17.0 Å². The molecule has 0 amide bonds. The highest BCUT2D eigenvalue weighted by atomic mass is 32.3. The second-order valence-corrected chi connectivity index (χ2v) is 7.41. The number of rotatable bonds is 3. The smallest absolute Gasteiger partial charge is 0.339 e. The van der Waals surface area contributed by atoms with E-state index in [0.29, 0.717) is 0 Å². The Morgan fingerprint density at radius 1 is 1.25 bits per heavy atom. The van der Waals surface area contributed by atoms with Crippen molar-refractivity contribution < 1.29 is 22.7 Å². The van der Waals surface area contributed by atoms with E-state index >= 15 is 0 Å². The second-order valence-electron chi connectivity index (χ2n) is 3.47. The monoisotopic (exact) mass is 335 g/mol. The average Bonchev–Trinajstić information content (AvgIpc) is 2.44. The van der Waals surface area contributed by atoms with Crippen LogP contribution in [0.5, 0.6) is 0 Å². The van der Waals surface area contributed by atoms with Crippen LogP contribution in [-0.4, -0.2) is 39.2 Å². The molecule has 1 atom stereocenters. The van der Waals surface area contributed by atoms with Gasteiger partial charge in [0.25, 0.3) is 10.0 Å². The minimum Gasteiger partial charge on any atom is -0.481 e. The second kappa shape index (κ2) is 6.91. The molecule has 0 spiro atoms. The van der Waals surface area contributed by atoms with Gasteiger partial charge in [-0.15, -0.1) is 3.77 Å². The lowest BCUT2D eigenvalue weighted by Gasteiger charge is -2.07. The summed E-state index contributed by atoms with van der Waals surface area (Å²) in [5.41, 5.74) is -0.0703. The molecule has 1 aromatic rings. The van der Waals surface area contributed by atoms with Crippen molar-refractivity contribution in [3.63, 3.8) is 0 Å². The lowest BCUT2D eigenvalue weighted by molar-refractivity contribution is 0.0596. The molecule has 0 N–H and O–H groups in total. The first-order valence-electron chi connectivity index (χ1n) is 5.23. The van der Waals surface area contributed by atoms with Gasteiger partial charge in [0.2, 0.25) is 4.38 Å². The molecule has 6 nitrogen and oxygen atoms in total. The van der Waals surface area contributed by atoms with Gasteiger partial charge in [-0.2, -0.15) is 8.42 Å². The Morgan fingerprint density at radius 2 is 1.85 bits per heavy atom. The lowest BCUT2D eigenvalue weighted by Crippen LogP contribution is -2.12. The summed E-state index contributed by atoms with van der Waals surface area (Å²) in [7, 11) is -2.63. The number of methoxy groups -OCH3 is 2. The van der Waals surface area contributed by atoms with E-state index in [9.17, 15) is 13.2 Å². The Morgan fingerprint density at radius 3 is 2.40 bits per heavy atom. The number of hydrogen-bond acceptors (Lipinski definition) is 6. The number of sulfonamides is 1. The topological polar surface area (TPSA) is 82.0 Å². The Kier molecular flexibility index (Phi) is 5.78. The molecule has 1 aromatic carbocycles. The van der Waals surface area contributed by atoms with Crippen molar-refractivity contribution in [2.45, 2.75) is 4.90 Å². The van der Waals surface area contributed by atoms with Crippen molar-refractivity contribution >= 4 is 43.3 Å². The molecule has 0 aliphatic heterocycles. The van der Waals surface area contributed by atoms with Crippen LogP contribution >= 0.6 is 12.2 Å². The maximum Gasteiger partial charge on any atom is 0.339 e. The third-order valence-electron chi connectivity index (χ3n) is 2.19. The molecule has 0 bridgehead atoms. The molecule has 0 heterocycles. The Labute approximate surface area is 125 Å². The summed E-state index contributed by atoms with van der Waals surface area (Å²) >= 11 is 4.84. The van der Waals surface area contributed by atoms with E-state index in [1.807, 2.05) is 0 Å². The average molecular weight is 335 g/mol. The summed E-state index contributed by atoms with van der Waals surface area (Å²) in [5, 5.41) is 0. The zero-order chi connectivity index (χ0) is 15.3.